The van der Waals surface area contributed by atoms with Gasteiger partial charge in [0.1, 0.15) is 5.65 Å². The molecule has 1 saturated heterocycles. The van der Waals surface area contributed by atoms with Crippen molar-refractivity contribution in [2.24, 2.45) is 0 Å². The van der Waals surface area contributed by atoms with Gasteiger partial charge >= 0.3 is 0 Å². The maximum atomic E-state index is 12.4. The van der Waals surface area contributed by atoms with Crippen LogP contribution >= 0.6 is 0 Å². The van der Waals surface area contributed by atoms with Crippen molar-refractivity contribution in [2.45, 2.75) is 26.2 Å². The summed E-state index contributed by atoms with van der Waals surface area (Å²) in [6, 6.07) is 10.9. The van der Waals surface area contributed by atoms with E-state index in [0.717, 1.165) is 27.4 Å². The Morgan fingerprint density at radius 3 is 2.47 bits per heavy atom. The van der Waals surface area contributed by atoms with Crippen molar-refractivity contribution in [3.8, 4) is 11.3 Å². The number of fused-ring (bicyclic) bond motifs is 1. The molecule has 8 nitrogen and oxygen atoms in total. The number of carbonyl (C=O) groups excluding carboxylic acids is 2. The van der Waals surface area contributed by atoms with Crippen molar-refractivity contribution in [3.05, 3.63) is 54.4 Å². The first-order valence-electron chi connectivity index (χ1n) is 9.70. The van der Waals surface area contributed by atoms with E-state index in [9.17, 15) is 18.0 Å². The number of anilines is 1. The summed E-state index contributed by atoms with van der Waals surface area (Å²) in [5.41, 5.74) is 4.03. The SMILES string of the molecule is Cc1ccn2cc(-c3ccc(NS(=O)(=O)CCN4C(=O)CCCC4=O)cc3)nc2c1. The molecule has 0 unspecified atom stereocenters. The highest BCUT2D eigenvalue weighted by atomic mass is 32.2. The molecule has 2 aromatic heterocycles. The van der Waals surface area contributed by atoms with Crippen LogP contribution in [0, 0.1) is 6.92 Å². The number of sulfonamides is 1. The third-order valence-electron chi connectivity index (χ3n) is 5.04. The topological polar surface area (TPSA) is 101 Å². The number of amides is 2. The highest BCUT2D eigenvalue weighted by Crippen LogP contribution is 2.22. The fourth-order valence-electron chi connectivity index (χ4n) is 3.42. The number of piperidine rings is 1. The van der Waals surface area contributed by atoms with E-state index in [1.54, 1.807) is 24.3 Å². The minimum atomic E-state index is -3.70. The van der Waals surface area contributed by atoms with Gasteiger partial charge in [-0.05, 0) is 43.2 Å². The molecular formula is C21H22N4O4S. The van der Waals surface area contributed by atoms with Crippen LogP contribution in [0.5, 0.6) is 0 Å². The minimum Gasteiger partial charge on any atom is -0.306 e. The van der Waals surface area contributed by atoms with Crippen molar-refractivity contribution in [1.82, 2.24) is 14.3 Å². The van der Waals surface area contributed by atoms with E-state index in [2.05, 4.69) is 9.71 Å². The molecule has 0 aliphatic carbocycles. The zero-order chi connectivity index (χ0) is 21.3. The fraction of sp³-hybridized carbons (Fsp3) is 0.286. The first kappa shape index (κ1) is 20.1. The largest absolute Gasteiger partial charge is 0.306 e. The second kappa shape index (κ2) is 7.91. The molecule has 1 N–H and O–H groups in total. The van der Waals surface area contributed by atoms with Gasteiger partial charge in [-0.25, -0.2) is 13.4 Å². The van der Waals surface area contributed by atoms with Gasteiger partial charge in [0, 0.05) is 43.0 Å². The molecule has 3 aromatic rings. The van der Waals surface area contributed by atoms with Crippen LogP contribution in [0.3, 0.4) is 0 Å². The normalized spacial score (nSPS) is 15.0. The molecule has 9 heteroatoms. The van der Waals surface area contributed by atoms with Gasteiger partial charge < -0.3 is 4.40 Å². The summed E-state index contributed by atoms with van der Waals surface area (Å²) in [5.74, 6) is -0.959. The van der Waals surface area contributed by atoms with Crippen LogP contribution in [0.2, 0.25) is 0 Å². The van der Waals surface area contributed by atoms with Crippen molar-refractivity contribution in [1.29, 1.82) is 0 Å². The number of nitrogens with zero attached hydrogens (tertiary/aromatic N) is 3. The molecular weight excluding hydrogens is 404 g/mol. The van der Waals surface area contributed by atoms with Crippen molar-refractivity contribution in [3.63, 3.8) is 0 Å². The number of rotatable bonds is 6. The molecule has 1 fully saturated rings. The van der Waals surface area contributed by atoms with Gasteiger partial charge in [0.15, 0.2) is 0 Å². The number of imide groups is 1. The van der Waals surface area contributed by atoms with Crippen LogP contribution in [-0.4, -0.2) is 46.8 Å². The lowest BCUT2D eigenvalue weighted by molar-refractivity contribution is -0.147. The number of benzene rings is 1. The van der Waals surface area contributed by atoms with E-state index in [0.29, 0.717) is 12.1 Å². The lowest BCUT2D eigenvalue weighted by Crippen LogP contribution is -2.43. The predicted octanol–water partition coefficient (Wildman–Crippen LogP) is 2.59. The molecule has 0 saturated carbocycles. The van der Waals surface area contributed by atoms with Gasteiger partial charge in [0.2, 0.25) is 21.8 Å². The van der Waals surface area contributed by atoms with Crippen LogP contribution in [0.4, 0.5) is 5.69 Å². The van der Waals surface area contributed by atoms with Crippen LogP contribution in [0.25, 0.3) is 16.9 Å². The van der Waals surface area contributed by atoms with E-state index < -0.39 is 10.0 Å². The molecule has 0 atom stereocenters. The van der Waals surface area contributed by atoms with Crippen LogP contribution in [0.1, 0.15) is 24.8 Å². The second-order valence-corrected chi connectivity index (χ2v) is 9.23. The van der Waals surface area contributed by atoms with Crippen LogP contribution < -0.4 is 4.72 Å². The molecule has 2 amide bonds. The third-order valence-corrected chi connectivity index (χ3v) is 6.30. The molecule has 3 heterocycles. The molecule has 0 bridgehead atoms. The number of aryl methyl sites for hydroxylation is 1. The van der Waals surface area contributed by atoms with Gasteiger partial charge in [0.25, 0.3) is 0 Å². The standard InChI is InChI=1S/C21H22N4O4S/c1-15-9-10-24-14-18(22-19(24)13-15)16-5-7-17(8-6-16)23-30(28,29)12-11-25-20(26)3-2-4-21(25)27/h5-10,13-14,23H,2-4,11-12H2,1H3. The van der Waals surface area contributed by atoms with Crippen molar-refractivity contribution in [2.75, 3.05) is 17.0 Å². The van der Waals surface area contributed by atoms with Gasteiger partial charge in [-0.15, -0.1) is 0 Å². The van der Waals surface area contributed by atoms with Gasteiger partial charge in [0.05, 0.1) is 11.4 Å². The maximum Gasteiger partial charge on any atom is 0.234 e. The first-order chi connectivity index (χ1) is 14.3. The maximum absolute atomic E-state index is 12.4. The lowest BCUT2D eigenvalue weighted by Gasteiger charge is -2.24. The summed E-state index contributed by atoms with van der Waals surface area (Å²) >= 11 is 0. The first-order valence-corrected chi connectivity index (χ1v) is 11.4. The average molecular weight is 426 g/mol. The summed E-state index contributed by atoms with van der Waals surface area (Å²) in [6.45, 7) is 1.87. The Bertz CT molecular complexity index is 1200. The molecule has 1 aromatic carbocycles. The Morgan fingerprint density at radius 2 is 1.77 bits per heavy atom. The molecule has 0 spiro atoms. The zero-order valence-electron chi connectivity index (χ0n) is 16.5. The summed E-state index contributed by atoms with van der Waals surface area (Å²) in [4.78, 5) is 29.3. The molecule has 156 valence electrons. The zero-order valence-corrected chi connectivity index (χ0v) is 17.4. The monoisotopic (exact) mass is 426 g/mol. The Labute approximate surface area is 174 Å². The van der Waals surface area contributed by atoms with E-state index in [1.165, 1.54) is 0 Å². The number of likely N-dealkylation sites (tertiary alicyclic amines) is 1. The number of aromatic nitrogens is 2. The number of nitrogens with one attached hydrogen (secondary N) is 1. The summed E-state index contributed by atoms with van der Waals surface area (Å²) in [6.07, 6.45) is 4.95. The second-order valence-electron chi connectivity index (χ2n) is 7.39. The molecule has 0 radical (unpaired) electrons. The van der Waals surface area contributed by atoms with Gasteiger partial charge in [-0.2, -0.15) is 0 Å². The quantitative estimate of drug-likeness (QED) is 0.611. The molecule has 4 rings (SSSR count). The van der Waals surface area contributed by atoms with Crippen molar-refractivity contribution < 1.29 is 18.0 Å². The molecule has 1 aliphatic rings. The van der Waals surface area contributed by atoms with E-state index in [4.69, 9.17) is 0 Å². The summed E-state index contributed by atoms with van der Waals surface area (Å²) < 4.78 is 29.2. The summed E-state index contributed by atoms with van der Waals surface area (Å²) in [5, 5.41) is 0. The Kier molecular flexibility index (Phi) is 5.29. The number of hydrogen-bond donors (Lipinski definition) is 1. The Hall–Kier alpha value is -3.20. The van der Waals surface area contributed by atoms with Gasteiger partial charge in [-0.1, -0.05) is 12.1 Å². The number of imidazole rings is 1. The highest BCUT2D eigenvalue weighted by Gasteiger charge is 2.27. The highest BCUT2D eigenvalue weighted by molar-refractivity contribution is 7.92. The van der Waals surface area contributed by atoms with Crippen LogP contribution in [0.15, 0.2) is 48.8 Å². The lowest BCUT2D eigenvalue weighted by atomic mass is 10.1. The predicted molar refractivity (Wildman–Crippen MR) is 113 cm³/mol. The van der Waals surface area contributed by atoms with E-state index >= 15 is 0 Å². The van der Waals surface area contributed by atoms with Gasteiger partial charge in [-0.3, -0.25) is 19.2 Å². The average Bonchev–Trinajstić information content (AvgIpc) is 3.11. The Morgan fingerprint density at radius 1 is 1.07 bits per heavy atom. The Balaban J connectivity index is 1.43. The van der Waals surface area contributed by atoms with Crippen molar-refractivity contribution >= 4 is 33.2 Å². The third kappa shape index (κ3) is 4.35. The van der Waals surface area contributed by atoms with Crippen LogP contribution in [-0.2, 0) is 19.6 Å². The van der Waals surface area contributed by atoms with E-state index in [-0.39, 0.29) is 37.0 Å². The smallest absolute Gasteiger partial charge is 0.234 e. The minimum absolute atomic E-state index is 0.133. The summed E-state index contributed by atoms with van der Waals surface area (Å²) in [7, 11) is -3.70. The molecule has 30 heavy (non-hydrogen) atoms. The van der Waals surface area contributed by atoms with E-state index in [1.807, 2.05) is 35.9 Å². The number of hydrogen-bond acceptors (Lipinski definition) is 5. The fourth-order valence-corrected chi connectivity index (χ4v) is 4.44. The number of pyridine rings is 1. The number of carbonyl (C=O) groups is 2. The molecule has 1 aliphatic heterocycles.